The molecule has 170 valence electrons. The number of amides is 1. The lowest BCUT2D eigenvalue weighted by Crippen LogP contribution is -2.30. The van der Waals surface area contributed by atoms with Gasteiger partial charge >= 0.3 is 0 Å². The van der Waals surface area contributed by atoms with E-state index in [1.165, 1.54) is 12.1 Å². The molecule has 0 fully saturated rings. The van der Waals surface area contributed by atoms with E-state index in [4.69, 9.17) is 9.47 Å². The number of hydrogen-bond donors (Lipinski definition) is 1. The lowest BCUT2D eigenvalue weighted by atomic mass is 10.2. The second-order valence-electron chi connectivity index (χ2n) is 8.06. The van der Waals surface area contributed by atoms with Crippen LogP contribution in [0.25, 0.3) is 5.69 Å². The predicted molar refractivity (Wildman–Crippen MR) is 122 cm³/mol. The van der Waals surface area contributed by atoms with Crippen LogP contribution >= 0.6 is 0 Å². The molecule has 0 unspecified atom stereocenters. The number of nitrogens with one attached hydrogen (secondary N) is 1. The second-order valence-corrected chi connectivity index (χ2v) is 8.06. The Bertz CT molecular complexity index is 1230. The maximum atomic E-state index is 13.4. The minimum atomic E-state index is -0.355. The third-order valence-electron chi connectivity index (χ3n) is 5.64. The molecule has 0 aliphatic carbocycles. The highest BCUT2D eigenvalue weighted by Crippen LogP contribution is 2.32. The summed E-state index contributed by atoms with van der Waals surface area (Å²) >= 11 is 0. The van der Waals surface area contributed by atoms with Gasteiger partial charge in [0.2, 0.25) is 5.91 Å². The highest BCUT2D eigenvalue weighted by molar-refractivity contribution is 5.93. The third kappa shape index (κ3) is 4.69. The second kappa shape index (κ2) is 9.35. The smallest absolute Gasteiger partial charge is 0.239 e. The van der Waals surface area contributed by atoms with Gasteiger partial charge < -0.3 is 14.8 Å². The number of rotatable bonds is 6. The molecule has 0 atom stereocenters. The van der Waals surface area contributed by atoms with E-state index < -0.39 is 0 Å². The molecule has 2 aromatic carbocycles. The number of benzene rings is 2. The average molecular weight is 448 g/mol. The zero-order chi connectivity index (χ0) is 23.5. The molecule has 1 N–H and O–H groups in total. The van der Waals surface area contributed by atoms with Crippen molar-refractivity contribution in [3.05, 3.63) is 70.7 Å². The van der Waals surface area contributed by atoms with Gasteiger partial charge in [0.1, 0.15) is 30.9 Å². The van der Waals surface area contributed by atoms with Crippen molar-refractivity contribution < 1.29 is 18.7 Å². The van der Waals surface area contributed by atoms with Crippen LogP contribution < -0.4 is 14.8 Å². The van der Waals surface area contributed by atoms with Crippen molar-refractivity contribution in [2.45, 2.75) is 20.4 Å². The molecule has 8 heteroatoms. The van der Waals surface area contributed by atoms with E-state index >= 15 is 0 Å². The molecule has 0 saturated carbocycles. The van der Waals surface area contributed by atoms with E-state index in [0.717, 1.165) is 22.6 Å². The highest BCUT2D eigenvalue weighted by atomic mass is 19.1. The van der Waals surface area contributed by atoms with Crippen molar-refractivity contribution in [3.63, 3.8) is 0 Å². The Labute approximate surface area is 191 Å². The molecule has 0 radical (unpaired) electrons. The van der Waals surface area contributed by atoms with Crippen LogP contribution in [0.15, 0.2) is 42.5 Å². The van der Waals surface area contributed by atoms with Gasteiger partial charge in [-0.3, -0.25) is 14.3 Å². The first-order valence-corrected chi connectivity index (χ1v) is 10.6. The molecule has 1 aliphatic rings. The van der Waals surface area contributed by atoms with Gasteiger partial charge in [0, 0.05) is 17.9 Å². The summed E-state index contributed by atoms with van der Waals surface area (Å²) < 4.78 is 26.4. The first kappa shape index (κ1) is 22.4. The third-order valence-corrected chi connectivity index (χ3v) is 5.64. The Morgan fingerprint density at radius 1 is 1.15 bits per heavy atom. The largest absolute Gasteiger partial charge is 0.486 e. The Hall–Kier alpha value is -3.83. The van der Waals surface area contributed by atoms with E-state index in [2.05, 4.69) is 11.4 Å². The lowest BCUT2D eigenvalue weighted by Gasteiger charge is -2.21. The van der Waals surface area contributed by atoms with Crippen LogP contribution in [0.4, 0.5) is 10.2 Å². The maximum Gasteiger partial charge on any atom is 0.239 e. The van der Waals surface area contributed by atoms with Crippen LogP contribution in [0.2, 0.25) is 0 Å². The number of anilines is 1. The van der Waals surface area contributed by atoms with Crippen LogP contribution in [0.3, 0.4) is 0 Å². The zero-order valence-corrected chi connectivity index (χ0v) is 18.8. The van der Waals surface area contributed by atoms with Gasteiger partial charge in [0.05, 0.1) is 12.1 Å². The molecule has 0 spiro atoms. The van der Waals surface area contributed by atoms with Crippen molar-refractivity contribution in [1.29, 1.82) is 5.26 Å². The normalized spacial score (nSPS) is 12.5. The number of carbonyl (C=O) groups excluding carboxylic acids is 1. The first-order valence-electron chi connectivity index (χ1n) is 10.6. The minimum absolute atomic E-state index is 0.117. The number of nitrogens with zero attached hydrogens (tertiary/aromatic N) is 3. The number of carbonyl (C=O) groups is 1. The molecule has 0 bridgehead atoms. The molecule has 3 aromatic rings. The van der Waals surface area contributed by atoms with Gasteiger partial charge in [-0.15, -0.1) is 0 Å². The van der Waals surface area contributed by atoms with Gasteiger partial charge in [0.25, 0.3) is 0 Å². The van der Waals surface area contributed by atoms with Crippen molar-refractivity contribution >= 4 is 11.7 Å². The standard InChI is InChI=1S/C25H25FN4O3/c1-16-17(2)30(20-7-5-19(26)6-8-20)25(21(16)13-27)28-24(31)15-29(3)14-18-4-9-22-23(12-18)33-11-10-32-22/h4-9,12H,10-11,14-15H2,1-3H3,(H,28,31). The number of aromatic nitrogens is 1. The number of halogens is 1. The predicted octanol–water partition coefficient (Wildman–Crippen LogP) is 3.95. The fourth-order valence-electron chi connectivity index (χ4n) is 3.94. The topological polar surface area (TPSA) is 79.5 Å². The quantitative estimate of drug-likeness (QED) is 0.618. The SMILES string of the molecule is Cc1c(C#N)c(NC(=O)CN(C)Cc2ccc3c(c2)OCCO3)n(-c2ccc(F)cc2)c1C. The monoisotopic (exact) mass is 448 g/mol. The summed E-state index contributed by atoms with van der Waals surface area (Å²) in [6.45, 7) is 5.40. The van der Waals surface area contributed by atoms with Crippen LogP contribution in [0.5, 0.6) is 11.5 Å². The Balaban J connectivity index is 1.51. The van der Waals surface area contributed by atoms with Crippen molar-refractivity contribution in [1.82, 2.24) is 9.47 Å². The fourth-order valence-corrected chi connectivity index (χ4v) is 3.94. The van der Waals surface area contributed by atoms with Gasteiger partial charge in [-0.2, -0.15) is 5.26 Å². The van der Waals surface area contributed by atoms with E-state index in [0.29, 0.717) is 42.6 Å². The van der Waals surface area contributed by atoms with Gasteiger partial charge in [-0.25, -0.2) is 4.39 Å². The summed E-state index contributed by atoms with van der Waals surface area (Å²) in [5, 5.41) is 12.6. The fraction of sp³-hybridized carbons (Fsp3) is 0.280. The van der Waals surface area contributed by atoms with E-state index in [1.807, 2.05) is 44.0 Å². The molecule has 4 rings (SSSR count). The van der Waals surface area contributed by atoms with Crippen LogP contribution in [-0.4, -0.2) is 42.2 Å². The highest BCUT2D eigenvalue weighted by Gasteiger charge is 2.21. The average Bonchev–Trinajstić information content (AvgIpc) is 3.03. The molecule has 7 nitrogen and oxygen atoms in total. The Kier molecular flexibility index (Phi) is 6.33. The molecule has 2 heterocycles. The van der Waals surface area contributed by atoms with E-state index in [1.54, 1.807) is 16.7 Å². The van der Waals surface area contributed by atoms with Crippen LogP contribution in [0, 0.1) is 31.0 Å². The molecule has 0 saturated heterocycles. The number of ether oxygens (including phenoxy) is 2. The zero-order valence-electron chi connectivity index (χ0n) is 18.8. The molecular weight excluding hydrogens is 423 g/mol. The minimum Gasteiger partial charge on any atom is -0.486 e. The summed E-state index contributed by atoms with van der Waals surface area (Å²) in [5.41, 5.74) is 3.62. The summed E-state index contributed by atoms with van der Waals surface area (Å²) in [4.78, 5) is 14.8. The van der Waals surface area contributed by atoms with Crippen molar-refractivity contribution in [2.75, 3.05) is 32.1 Å². The molecule has 1 amide bonds. The van der Waals surface area contributed by atoms with Crippen molar-refractivity contribution in [3.8, 4) is 23.3 Å². The number of nitriles is 1. The summed E-state index contributed by atoms with van der Waals surface area (Å²) in [6, 6.07) is 13.9. The van der Waals surface area contributed by atoms with Crippen LogP contribution in [-0.2, 0) is 11.3 Å². The van der Waals surface area contributed by atoms with Crippen molar-refractivity contribution in [2.24, 2.45) is 0 Å². The number of likely N-dealkylation sites (N-methyl/N-ethyl adjacent to an activating group) is 1. The van der Waals surface area contributed by atoms with E-state index in [-0.39, 0.29) is 18.3 Å². The number of fused-ring (bicyclic) bond motifs is 1. The summed E-state index contributed by atoms with van der Waals surface area (Å²) in [5.74, 6) is 1.21. The summed E-state index contributed by atoms with van der Waals surface area (Å²) in [6.07, 6.45) is 0. The van der Waals surface area contributed by atoms with Gasteiger partial charge in [-0.05, 0) is 68.4 Å². The molecule has 1 aliphatic heterocycles. The maximum absolute atomic E-state index is 13.4. The molecule has 33 heavy (non-hydrogen) atoms. The van der Waals surface area contributed by atoms with Gasteiger partial charge in [-0.1, -0.05) is 6.07 Å². The first-order chi connectivity index (χ1) is 15.9. The molecular formula is C25H25FN4O3. The summed E-state index contributed by atoms with van der Waals surface area (Å²) in [7, 11) is 1.84. The Morgan fingerprint density at radius 2 is 1.85 bits per heavy atom. The molecule has 1 aromatic heterocycles. The van der Waals surface area contributed by atoms with Gasteiger partial charge in [0.15, 0.2) is 11.5 Å². The lowest BCUT2D eigenvalue weighted by molar-refractivity contribution is -0.117. The Morgan fingerprint density at radius 3 is 2.55 bits per heavy atom. The van der Waals surface area contributed by atoms with Crippen LogP contribution in [0.1, 0.15) is 22.4 Å². The number of hydrogen-bond acceptors (Lipinski definition) is 5. The van der Waals surface area contributed by atoms with E-state index in [9.17, 15) is 14.4 Å².